The highest BCUT2D eigenvalue weighted by molar-refractivity contribution is 5.84. The van der Waals surface area contributed by atoms with E-state index >= 15 is 0 Å². The van der Waals surface area contributed by atoms with Gasteiger partial charge in [-0.1, -0.05) is 133 Å². The van der Waals surface area contributed by atoms with E-state index in [4.69, 9.17) is 14.3 Å². The van der Waals surface area contributed by atoms with E-state index in [0.29, 0.717) is 44.6 Å². The maximum Gasteiger partial charge on any atom is 0.312 e. The lowest BCUT2D eigenvalue weighted by Crippen LogP contribution is -2.68. The number of piperidine rings is 1. The van der Waals surface area contributed by atoms with Gasteiger partial charge in [0.1, 0.15) is 11.4 Å². The van der Waals surface area contributed by atoms with Crippen molar-refractivity contribution in [3.8, 4) is 0 Å². The second kappa shape index (κ2) is 19.4. The van der Waals surface area contributed by atoms with Crippen molar-refractivity contribution in [3.05, 3.63) is 35.9 Å². The number of nitrogens with zero attached hydrogens (tertiary/aromatic N) is 1. The molecule has 1 aromatic carbocycles. The predicted octanol–water partition coefficient (Wildman–Crippen LogP) is 12.9. The zero-order chi connectivity index (χ0) is 44.0. The van der Waals surface area contributed by atoms with E-state index in [1.165, 1.54) is 5.56 Å². The quantitative estimate of drug-likeness (QED) is 0.115. The smallest absolute Gasteiger partial charge is 0.312 e. The zero-order valence-corrected chi connectivity index (χ0v) is 40.2. The Labute approximate surface area is 350 Å². The van der Waals surface area contributed by atoms with Crippen LogP contribution in [0.3, 0.4) is 0 Å². The molecule has 0 radical (unpaired) electrons. The molecular formula is C50H87NO6. The topological polar surface area (TPSA) is 82.1 Å². The van der Waals surface area contributed by atoms with E-state index < -0.39 is 44.9 Å². The molecule has 0 amide bonds. The Bertz CT molecular complexity index is 1460. The molecule has 57 heavy (non-hydrogen) atoms. The molecule has 1 saturated heterocycles. The van der Waals surface area contributed by atoms with Crippen LogP contribution in [0, 0.1) is 39.9 Å². The molecule has 1 fully saturated rings. The molecule has 328 valence electrons. The summed E-state index contributed by atoms with van der Waals surface area (Å²) in [5.41, 5.74) is -3.09. The Kier molecular flexibility index (Phi) is 17.3. The van der Waals surface area contributed by atoms with Crippen molar-refractivity contribution in [1.29, 1.82) is 0 Å². The Morgan fingerprint density at radius 3 is 1.91 bits per heavy atom. The van der Waals surface area contributed by atoms with Crippen molar-refractivity contribution < 1.29 is 28.7 Å². The number of esters is 2. The highest BCUT2D eigenvalue weighted by Gasteiger charge is 2.58. The fourth-order valence-electron chi connectivity index (χ4n) is 8.93. The number of hydrogen-bond acceptors (Lipinski definition) is 7. The summed E-state index contributed by atoms with van der Waals surface area (Å²) in [5, 5.41) is 2.08. The van der Waals surface area contributed by atoms with Crippen molar-refractivity contribution in [2.75, 3.05) is 6.61 Å². The van der Waals surface area contributed by atoms with Gasteiger partial charge in [-0.3, -0.25) is 19.2 Å². The van der Waals surface area contributed by atoms with Gasteiger partial charge in [0, 0.05) is 12.3 Å². The molecule has 7 nitrogen and oxygen atoms in total. The lowest BCUT2D eigenvalue weighted by molar-refractivity contribution is -0.348. The molecule has 1 aliphatic heterocycles. The number of ketones is 1. The molecule has 0 spiro atoms. The molecule has 7 atom stereocenters. The van der Waals surface area contributed by atoms with E-state index in [1.807, 2.05) is 47.6 Å². The molecule has 7 unspecified atom stereocenters. The molecule has 0 aromatic heterocycles. The van der Waals surface area contributed by atoms with Crippen LogP contribution in [0.5, 0.6) is 0 Å². The number of carbonyl (C=O) groups is 3. The molecule has 1 aliphatic rings. The van der Waals surface area contributed by atoms with Crippen LogP contribution in [0.4, 0.5) is 0 Å². The number of Topliss-reactive ketones (excluding diaryl/α,β-unsaturated/α-hetero) is 1. The summed E-state index contributed by atoms with van der Waals surface area (Å²) in [6.07, 6.45) is 7.06. The standard InChI is InChI=1S/C50H87NO6/c1-20-24-28-37(21-2)34-55-42(53)39(31-45(10,11)35(5)38-29-26-25-27-30-38)47(14,15)46(12,13)32-40(43(54)56-44(7,8)9)48(16,17)57-51-49(18,22-3)33-41(52)36(6)50(51,19)23-4/h25-27,29-30,35-37,39-40H,20-24,28,31-34H2,1-19H3. The zero-order valence-electron chi connectivity index (χ0n) is 40.2. The molecule has 7 heteroatoms. The number of rotatable bonds is 21. The predicted molar refractivity (Wildman–Crippen MR) is 236 cm³/mol. The van der Waals surface area contributed by atoms with Gasteiger partial charge in [0.25, 0.3) is 0 Å². The average molecular weight is 798 g/mol. The van der Waals surface area contributed by atoms with Crippen LogP contribution in [-0.2, 0) is 28.7 Å². The number of carbonyl (C=O) groups excluding carboxylic acids is 3. The lowest BCUT2D eigenvalue weighted by atomic mass is 9.54. The first-order valence-corrected chi connectivity index (χ1v) is 22.5. The van der Waals surface area contributed by atoms with Gasteiger partial charge in [-0.15, -0.1) is 0 Å². The molecule has 2 rings (SSSR count). The normalized spacial score (nSPS) is 23.8. The van der Waals surface area contributed by atoms with Crippen molar-refractivity contribution in [1.82, 2.24) is 5.06 Å². The average Bonchev–Trinajstić information content (AvgIpc) is 3.12. The van der Waals surface area contributed by atoms with Gasteiger partial charge < -0.3 is 9.47 Å². The molecular weight excluding hydrogens is 711 g/mol. The van der Waals surface area contributed by atoms with E-state index in [2.05, 4.69) is 119 Å². The van der Waals surface area contributed by atoms with Crippen molar-refractivity contribution in [2.24, 2.45) is 39.9 Å². The summed E-state index contributed by atoms with van der Waals surface area (Å²) < 4.78 is 12.6. The molecule has 0 bridgehead atoms. The maximum absolute atomic E-state index is 14.7. The second-order valence-corrected chi connectivity index (χ2v) is 21.7. The summed E-state index contributed by atoms with van der Waals surface area (Å²) >= 11 is 0. The van der Waals surface area contributed by atoms with Gasteiger partial charge in [0.05, 0.1) is 35.1 Å². The van der Waals surface area contributed by atoms with Crippen molar-refractivity contribution >= 4 is 17.7 Å². The lowest BCUT2D eigenvalue weighted by Gasteiger charge is -2.58. The van der Waals surface area contributed by atoms with E-state index in [9.17, 15) is 14.4 Å². The number of hydrogen-bond donors (Lipinski definition) is 0. The van der Waals surface area contributed by atoms with Crippen LogP contribution >= 0.6 is 0 Å². The summed E-state index contributed by atoms with van der Waals surface area (Å²) in [6.45, 7) is 40.5. The van der Waals surface area contributed by atoms with E-state index in [0.717, 1.165) is 25.7 Å². The SMILES string of the molecule is CCCCC(CC)COC(=O)C(CC(C)(C)C(C)c1ccccc1)C(C)(C)C(C)(C)CC(C(=O)OC(C)(C)C)C(C)(C)ON1C(C)(CC)CC(=O)C(C)C1(C)CC. The summed E-state index contributed by atoms with van der Waals surface area (Å²) in [7, 11) is 0. The minimum Gasteiger partial charge on any atom is -0.465 e. The fraction of sp³-hybridized carbons (Fsp3) is 0.820. The Hall–Kier alpha value is -2.25. The summed E-state index contributed by atoms with van der Waals surface area (Å²) in [6, 6.07) is 10.6. The minimum absolute atomic E-state index is 0.162. The van der Waals surface area contributed by atoms with Crippen LogP contribution in [0.1, 0.15) is 201 Å². The molecule has 0 saturated carbocycles. The minimum atomic E-state index is -1.03. The molecule has 0 aliphatic carbocycles. The van der Waals surface area contributed by atoms with Crippen molar-refractivity contribution in [2.45, 2.75) is 218 Å². The van der Waals surface area contributed by atoms with Gasteiger partial charge in [-0.25, -0.2) is 0 Å². The Morgan fingerprint density at radius 1 is 0.842 bits per heavy atom. The fourth-order valence-corrected chi connectivity index (χ4v) is 8.93. The number of benzene rings is 1. The van der Waals surface area contributed by atoms with Crippen LogP contribution in [0.25, 0.3) is 0 Å². The molecule has 1 heterocycles. The number of hydroxylamine groups is 2. The van der Waals surface area contributed by atoms with E-state index in [-0.39, 0.29) is 35.0 Å². The van der Waals surface area contributed by atoms with Gasteiger partial charge in [-0.2, -0.15) is 5.06 Å². The first-order valence-electron chi connectivity index (χ1n) is 22.5. The van der Waals surface area contributed by atoms with Gasteiger partial charge in [0.2, 0.25) is 0 Å². The van der Waals surface area contributed by atoms with Crippen LogP contribution < -0.4 is 0 Å². The van der Waals surface area contributed by atoms with Crippen LogP contribution in [-0.4, -0.2) is 51.7 Å². The second-order valence-electron chi connectivity index (χ2n) is 21.7. The number of ether oxygens (including phenoxy) is 2. The molecule has 1 aromatic rings. The maximum atomic E-state index is 14.7. The van der Waals surface area contributed by atoms with Crippen molar-refractivity contribution in [3.63, 3.8) is 0 Å². The van der Waals surface area contributed by atoms with E-state index in [1.54, 1.807) is 0 Å². The largest absolute Gasteiger partial charge is 0.465 e. The van der Waals surface area contributed by atoms with Gasteiger partial charge in [0.15, 0.2) is 0 Å². The summed E-state index contributed by atoms with van der Waals surface area (Å²) in [5.74, 6) is -1.14. The first-order chi connectivity index (χ1) is 26.0. The van der Waals surface area contributed by atoms with Crippen LogP contribution in [0.2, 0.25) is 0 Å². The summed E-state index contributed by atoms with van der Waals surface area (Å²) in [4.78, 5) is 50.0. The third kappa shape index (κ3) is 12.2. The highest BCUT2D eigenvalue weighted by Crippen LogP contribution is 2.55. The Morgan fingerprint density at radius 2 is 1.42 bits per heavy atom. The third-order valence-electron chi connectivity index (χ3n) is 15.1. The third-order valence-corrected chi connectivity index (χ3v) is 15.1. The molecule has 0 N–H and O–H groups in total. The Balaban J connectivity index is 2.71. The van der Waals surface area contributed by atoms with Crippen LogP contribution in [0.15, 0.2) is 30.3 Å². The monoisotopic (exact) mass is 798 g/mol. The number of unbranched alkanes of at least 4 members (excludes halogenated alkanes) is 1. The van der Waals surface area contributed by atoms with Gasteiger partial charge >= 0.3 is 11.9 Å². The highest BCUT2D eigenvalue weighted by atomic mass is 16.7. The first kappa shape index (κ1) is 50.9. The van der Waals surface area contributed by atoms with Gasteiger partial charge in [-0.05, 0) is 114 Å².